The number of carbonyl (C=O) groups excluding carboxylic acids is 1. The first-order valence-electron chi connectivity index (χ1n) is 6.53. The van der Waals surface area contributed by atoms with Crippen molar-refractivity contribution in [3.8, 4) is 5.75 Å². The number of carboxylic acids is 1. The molecule has 0 saturated heterocycles. The van der Waals surface area contributed by atoms with Gasteiger partial charge in [-0.3, -0.25) is 14.4 Å². The fraction of sp³-hybridized carbons (Fsp3) is 0.214. The summed E-state index contributed by atoms with van der Waals surface area (Å²) in [4.78, 5) is 22.9. The number of hydrogen-bond donors (Lipinski definition) is 2. The third-order valence-electron chi connectivity index (χ3n) is 3.10. The molecule has 0 radical (unpaired) electrons. The van der Waals surface area contributed by atoms with Gasteiger partial charge in [0.05, 0.1) is 12.2 Å². The van der Waals surface area contributed by atoms with Crippen molar-refractivity contribution in [2.24, 2.45) is 7.05 Å². The van der Waals surface area contributed by atoms with Crippen molar-refractivity contribution in [3.63, 3.8) is 0 Å². The lowest BCUT2D eigenvalue weighted by Gasteiger charge is -2.23. The highest BCUT2D eigenvalue weighted by Crippen LogP contribution is 2.29. The molecular weight excluding hydrogens is 331 g/mol. The van der Waals surface area contributed by atoms with Crippen LogP contribution in [0.2, 0.25) is 0 Å². The zero-order valence-corrected chi connectivity index (χ0v) is 12.3. The van der Waals surface area contributed by atoms with Crippen LogP contribution in [-0.4, -0.2) is 38.0 Å². The van der Waals surface area contributed by atoms with Crippen molar-refractivity contribution in [3.05, 3.63) is 41.7 Å². The van der Waals surface area contributed by atoms with E-state index in [1.54, 1.807) is 7.05 Å². The zero-order chi connectivity index (χ0) is 18.1. The summed E-state index contributed by atoms with van der Waals surface area (Å²) < 4.78 is 39.8. The van der Waals surface area contributed by atoms with Crippen molar-refractivity contribution in [2.75, 3.05) is 4.90 Å². The van der Waals surface area contributed by atoms with Crippen LogP contribution in [0.5, 0.6) is 5.75 Å². The lowest BCUT2D eigenvalue weighted by molar-refractivity contribution is -0.170. The minimum absolute atomic E-state index is 0.192. The smallest absolute Gasteiger partial charge is 0.471 e. The van der Waals surface area contributed by atoms with Gasteiger partial charge in [-0.05, 0) is 18.2 Å². The number of benzene rings is 1. The van der Waals surface area contributed by atoms with Crippen LogP contribution in [0.4, 0.5) is 18.9 Å². The summed E-state index contributed by atoms with van der Waals surface area (Å²) in [6.45, 7) is -0.495. The van der Waals surface area contributed by atoms with Gasteiger partial charge in [0.25, 0.3) is 0 Å². The van der Waals surface area contributed by atoms with E-state index >= 15 is 0 Å². The average Bonchev–Trinajstić information content (AvgIpc) is 2.88. The number of alkyl halides is 3. The molecule has 1 aromatic carbocycles. The molecule has 0 atom stereocenters. The molecule has 7 nitrogen and oxygen atoms in total. The van der Waals surface area contributed by atoms with Crippen LogP contribution in [0.25, 0.3) is 0 Å². The van der Waals surface area contributed by atoms with Crippen molar-refractivity contribution >= 4 is 17.6 Å². The van der Waals surface area contributed by atoms with Crippen LogP contribution >= 0.6 is 0 Å². The number of carboxylic acid groups (broad SMARTS) is 1. The molecule has 0 aliphatic rings. The normalized spacial score (nSPS) is 11.3. The van der Waals surface area contributed by atoms with E-state index in [4.69, 9.17) is 5.11 Å². The van der Waals surface area contributed by atoms with Gasteiger partial charge in [-0.15, -0.1) is 0 Å². The zero-order valence-electron chi connectivity index (χ0n) is 12.3. The Morgan fingerprint density at radius 2 is 1.96 bits per heavy atom. The summed E-state index contributed by atoms with van der Waals surface area (Å²) in [7, 11) is 1.56. The summed E-state index contributed by atoms with van der Waals surface area (Å²) in [5, 5.41) is 22.4. The van der Waals surface area contributed by atoms with Gasteiger partial charge in [0.15, 0.2) is 0 Å². The number of aryl methyl sites for hydroxylation is 1. The number of aromatic carboxylic acids is 1. The molecule has 0 saturated carbocycles. The highest BCUT2D eigenvalue weighted by molar-refractivity contribution is 5.98. The number of halogens is 3. The second kappa shape index (κ2) is 6.22. The van der Waals surface area contributed by atoms with Crippen LogP contribution in [0, 0.1) is 0 Å². The van der Waals surface area contributed by atoms with E-state index in [0.717, 1.165) is 18.2 Å². The second-order valence-electron chi connectivity index (χ2n) is 4.88. The molecule has 0 bridgehead atoms. The molecule has 1 heterocycles. The van der Waals surface area contributed by atoms with Crippen LogP contribution in [0.15, 0.2) is 30.5 Å². The molecule has 2 aromatic rings. The fourth-order valence-corrected chi connectivity index (χ4v) is 2.01. The van der Waals surface area contributed by atoms with Gasteiger partial charge >= 0.3 is 18.1 Å². The Morgan fingerprint density at radius 3 is 2.42 bits per heavy atom. The Morgan fingerprint density at radius 1 is 1.29 bits per heavy atom. The number of carbonyl (C=O) groups is 2. The highest BCUT2D eigenvalue weighted by Gasteiger charge is 2.43. The average molecular weight is 343 g/mol. The molecule has 2 rings (SSSR count). The first-order chi connectivity index (χ1) is 11.1. The Bertz CT molecular complexity index is 786. The van der Waals surface area contributed by atoms with E-state index in [9.17, 15) is 27.9 Å². The lowest BCUT2D eigenvalue weighted by atomic mass is 10.1. The Hall–Kier alpha value is -3.04. The summed E-state index contributed by atoms with van der Waals surface area (Å²) in [5.74, 6) is -4.35. The van der Waals surface area contributed by atoms with Gasteiger partial charge in [-0.1, -0.05) is 0 Å². The van der Waals surface area contributed by atoms with E-state index < -0.39 is 35.9 Å². The maximum Gasteiger partial charge on any atom is 0.471 e. The molecule has 0 spiro atoms. The number of hydrogen-bond acceptors (Lipinski definition) is 4. The van der Waals surface area contributed by atoms with Gasteiger partial charge in [0, 0.05) is 25.0 Å². The van der Waals surface area contributed by atoms with E-state index in [1.807, 2.05) is 0 Å². The standard InChI is InChI=1S/C14H12F3N3O4/c1-19-5-4-8(18-19)7-20(13(24)14(15,16)17)9-2-3-10(12(22)23)11(21)6-9/h2-6,21H,7H2,1H3,(H,22,23). The first kappa shape index (κ1) is 17.3. The molecule has 1 amide bonds. The highest BCUT2D eigenvalue weighted by atomic mass is 19.4. The number of nitrogens with zero attached hydrogens (tertiary/aromatic N) is 3. The van der Waals surface area contributed by atoms with Crippen molar-refractivity contribution in [2.45, 2.75) is 12.7 Å². The molecule has 0 aliphatic carbocycles. The summed E-state index contributed by atoms with van der Waals surface area (Å²) in [5.41, 5.74) is -0.599. The summed E-state index contributed by atoms with van der Waals surface area (Å²) in [6, 6.07) is 4.15. The second-order valence-corrected chi connectivity index (χ2v) is 4.88. The topological polar surface area (TPSA) is 95.7 Å². The summed E-state index contributed by atoms with van der Waals surface area (Å²) in [6.07, 6.45) is -3.65. The molecule has 0 unspecified atom stereocenters. The Balaban J connectivity index is 2.43. The van der Waals surface area contributed by atoms with E-state index in [1.165, 1.54) is 16.9 Å². The number of aromatic nitrogens is 2. The van der Waals surface area contributed by atoms with Crippen LogP contribution < -0.4 is 4.90 Å². The molecule has 2 N–H and O–H groups in total. The number of rotatable bonds is 4. The monoisotopic (exact) mass is 343 g/mol. The summed E-state index contributed by atoms with van der Waals surface area (Å²) >= 11 is 0. The minimum atomic E-state index is -5.14. The van der Waals surface area contributed by atoms with Gasteiger partial charge in [-0.2, -0.15) is 18.3 Å². The van der Waals surface area contributed by atoms with Crippen molar-refractivity contribution in [1.29, 1.82) is 0 Å². The van der Waals surface area contributed by atoms with Gasteiger partial charge in [0.1, 0.15) is 11.3 Å². The third kappa shape index (κ3) is 3.65. The van der Waals surface area contributed by atoms with E-state index in [2.05, 4.69) is 5.10 Å². The quantitative estimate of drug-likeness (QED) is 0.884. The largest absolute Gasteiger partial charge is 0.507 e. The van der Waals surface area contributed by atoms with E-state index in [0.29, 0.717) is 4.90 Å². The van der Waals surface area contributed by atoms with Gasteiger partial charge in [-0.25, -0.2) is 4.79 Å². The van der Waals surface area contributed by atoms with Crippen LogP contribution in [0.3, 0.4) is 0 Å². The van der Waals surface area contributed by atoms with Crippen molar-refractivity contribution in [1.82, 2.24) is 9.78 Å². The molecule has 1 aromatic heterocycles. The number of phenols is 1. The lowest BCUT2D eigenvalue weighted by Crippen LogP contribution is -2.41. The van der Waals surface area contributed by atoms with Crippen LogP contribution in [-0.2, 0) is 18.4 Å². The Kier molecular flexibility index (Phi) is 4.49. The van der Waals surface area contributed by atoms with Crippen LogP contribution in [0.1, 0.15) is 16.1 Å². The minimum Gasteiger partial charge on any atom is -0.507 e. The van der Waals surface area contributed by atoms with Crippen molar-refractivity contribution < 1.29 is 33.0 Å². The van der Waals surface area contributed by atoms with E-state index in [-0.39, 0.29) is 11.4 Å². The SMILES string of the molecule is Cn1ccc(CN(C(=O)C(F)(F)F)c2ccc(C(=O)O)c(O)c2)n1. The third-order valence-corrected chi connectivity index (χ3v) is 3.10. The maximum atomic E-state index is 12.8. The molecular formula is C14H12F3N3O4. The number of aromatic hydroxyl groups is 1. The Labute approximate surface area is 133 Å². The van der Waals surface area contributed by atoms with Gasteiger partial charge in [0.2, 0.25) is 0 Å². The molecule has 0 aliphatic heterocycles. The molecule has 24 heavy (non-hydrogen) atoms. The maximum absolute atomic E-state index is 12.8. The molecule has 10 heteroatoms. The molecule has 0 fully saturated rings. The number of amides is 1. The fourth-order valence-electron chi connectivity index (χ4n) is 2.01. The first-order valence-corrected chi connectivity index (χ1v) is 6.53. The molecule has 128 valence electrons. The predicted octanol–water partition coefficient (Wildman–Crippen LogP) is 1.92. The number of anilines is 1. The predicted molar refractivity (Wildman–Crippen MR) is 75.5 cm³/mol. The van der Waals surface area contributed by atoms with Gasteiger partial charge < -0.3 is 10.2 Å².